The van der Waals surface area contributed by atoms with Crippen molar-refractivity contribution < 1.29 is 19.4 Å². The molecule has 0 radical (unpaired) electrons. The highest BCUT2D eigenvalue weighted by atomic mass is 35.5. The van der Waals surface area contributed by atoms with Crippen LogP contribution < -0.4 is 5.32 Å². The molecule has 158 valence electrons. The number of ether oxygens (including phenoxy) is 1. The molecule has 30 heavy (non-hydrogen) atoms. The summed E-state index contributed by atoms with van der Waals surface area (Å²) in [5.74, 6) is -1.11. The van der Waals surface area contributed by atoms with Crippen molar-refractivity contribution in [2.24, 2.45) is 0 Å². The average Bonchev–Trinajstić information content (AvgIpc) is 2.94. The number of aromatic nitrogens is 3. The Labute approximate surface area is 178 Å². The number of alkyl carbamates (subject to hydrolysis) is 1. The van der Waals surface area contributed by atoms with Gasteiger partial charge in [0.15, 0.2) is 0 Å². The number of amides is 1. The van der Waals surface area contributed by atoms with E-state index in [0.29, 0.717) is 16.6 Å². The lowest BCUT2D eigenvalue weighted by molar-refractivity contribution is 0.0526. The number of rotatable bonds is 5. The van der Waals surface area contributed by atoms with E-state index in [1.54, 1.807) is 20.8 Å². The number of carboxylic acids is 1. The molecular formula is C21H23ClN4O4. The molecule has 3 rings (SSSR count). The number of benzene rings is 1. The number of nitrogens with zero attached hydrogens (tertiary/aromatic N) is 3. The van der Waals surface area contributed by atoms with E-state index in [1.165, 1.54) is 10.8 Å². The van der Waals surface area contributed by atoms with Crippen LogP contribution in [0.2, 0.25) is 5.28 Å². The molecule has 0 saturated heterocycles. The Morgan fingerprint density at radius 1 is 1.27 bits per heavy atom. The Morgan fingerprint density at radius 2 is 1.97 bits per heavy atom. The molecule has 0 bridgehead atoms. The lowest BCUT2D eigenvalue weighted by Gasteiger charge is -2.19. The van der Waals surface area contributed by atoms with Crippen molar-refractivity contribution in [3.63, 3.8) is 0 Å². The highest BCUT2D eigenvalue weighted by Crippen LogP contribution is 2.36. The zero-order valence-electron chi connectivity index (χ0n) is 17.2. The molecule has 1 amide bonds. The van der Waals surface area contributed by atoms with E-state index < -0.39 is 17.7 Å². The van der Waals surface area contributed by atoms with Crippen LogP contribution in [0.1, 0.15) is 36.8 Å². The van der Waals surface area contributed by atoms with Crippen molar-refractivity contribution >= 4 is 34.7 Å². The van der Waals surface area contributed by atoms with Crippen molar-refractivity contribution in [3.8, 4) is 11.1 Å². The number of nitrogens with one attached hydrogen (secondary N) is 1. The number of halogens is 1. The lowest BCUT2D eigenvalue weighted by atomic mass is 9.98. The normalized spacial score (nSPS) is 11.5. The summed E-state index contributed by atoms with van der Waals surface area (Å²) in [7, 11) is 0. The summed E-state index contributed by atoms with van der Waals surface area (Å²) in [4.78, 5) is 32.5. The molecule has 0 unspecified atom stereocenters. The highest BCUT2D eigenvalue weighted by Gasteiger charge is 2.26. The Kier molecular flexibility index (Phi) is 5.98. The van der Waals surface area contributed by atoms with Crippen molar-refractivity contribution in [1.82, 2.24) is 19.9 Å². The van der Waals surface area contributed by atoms with E-state index in [4.69, 9.17) is 16.3 Å². The maximum atomic E-state index is 12.3. The fourth-order valence-electron chi connectivity index (χ4n) is 3.25. The first kappa shape index (κ1) is 21.6. The molecule has 0 aliphatic rings. The maximum absolute atomic E-state index is 12.3. The van der Waals surface area contributed by atoms with Gasteiger partial charge in [0.2, 0.25) is 5.28 Å². The van der Waals surface area contributed by atoms with E-state index in [-0.39, 0.29) is 24.1 Å². The molecule has 8 nitrogen and oxygen atoms in total. The Hall–Kier alpha value is -3.13. The molecular weight excluding hydrogens is 408 g/mol. The monoisotopic (exact) mass is 430 g/mol. The molecule has 0 spiro atoms. The van der Waals surface area contributed by atoms with Crippen LogP contribution in [0, 0.1) is 6.92 Å². The van der Waals surface area contributed by atoms with Crippen LogP contribution in [0.15, 0.2) is 30.5 Å². The number of hydrogen-bond acceptors (Lipinski definition) is 5. The minimum Gasteiger partial charge on any atom is -0.477 e. The third-order valence-corrected chi connectivity index (χ3v) is 4.57. The predicted octanol–water partition coefficient (Wildman–Crippen LogP) is 4.28. The molecule has 0 aliphatic carbocycles. The van der Waals surface area contributed by atoms with E-state index in [1.807, 2.05) is 31.2 Å². The van der Waals surface area contributed by atoms with Gasteiger partial charge in [0.05, 0.1) is 0 Å². The quantitative estimate of drug-likeness (QED) is 0.585. The number of carbonyl (C=O) groups excluding carboxylic acids is 1. The molecule has 0 fully saturated rings. The van der Waals surface area contributed by atoms with Crippen LogP contribution in [-0.2, 0) is 11.3 Å². The zero-order valence-corrected chi connectivity index (χ0v) is 17.9. The van der Waals surface area contributed by atoms with Crippen LogP contribution in [0.25, 0.3) is 22.2 Å². The standard InChI is InChI=1S/C21H23ClN4O4/c1-12-7-5-6-8-13(12)15-14-11-24-19(22)25-17(14)26(16(15)18(27)28)10-9-23-20(29)30-21(2,3)4/h5-8,11H,9-10H2,1-4H3,(H,23,29)(H,27,28). The summed E-state index contributed by atoms with van der Waals surface area (Å²) in [5, 5.41) is 13.2. The molecule has 0 aliphatic heterocycles. The fraction of sp³-hybridized carbons (Fsp3) is 0.333. The molecule has 1 aromatic carbocycles. The second kappa shape index (κ2) is 8.31. The first-order chi connectivity index (χ1) is 14.1. The van der Waals surface area contributed by atoms with Crippen LogP contribution >= 0.6 is 11.6 Å². The van der Waals surface area contributed by atoms with Crippen molar-refractivity contribution in [2.75, 3.05) is 6.54 Å². The SMILES string of the molecule is Cc1ccccc1-c1c(C(=O)O)n(CCNC(=O)OC(C)(C)C)c2nc(Cl)ncc12. The summed E-state index contributed by atoms with van der Waals surface area (Å²) in [6, 6.07) is 7.49. The van der Waals surface area contributed by atoms with Gasteiger partial charge >= 0.3 is 12.1 Å². The minimum absolute atomic E-state index is 0.00891. The number of hydrogen-bond donors (Lipinski definition) is 2. The molecule has 0 saturated carbocycles. The van der Waals surface area contributed by atoms with Gasteiger partial charge in [0, 0.05) is 30.2 Å². The van der Waals surface area contributed by atoms with Crippen molar-refractivity contribution in [3.05, 3.63) is 47.0 Å². The maximum Gasteiger partial charge on any atom is 0.407 e. The Balaban J connectivity index is 2.07. The topological polar surface area (TPSA) is 106 Å². The van der Waals surface area contributed by atoms with Gasteiger partial charge in [-0.15, -0.1) is 0 Å². The second-order valence-electron chi connectivity index (χ2n) is 7.80. The van der Waals surface area contributed by atoms with Crippen LogP contribution in [-0.4, -0.2) is 43.8 Å². The first-order valence-corrected chi connectivity index (χ1v) is 9.77. The summed E-state index contributed by atoms with van der Waals surface area (Å²) < 4.78 is 6.76. The molecule has 3 aromatic rings. The van der Waals surface area contributed by atoms with E-state index >= 15 is 0 Å². The summed E-state index contributed by atoms with van der Waals surface area (Å²) >= 11 is 5.99. The van der Waals surface area contributed by atoms with Gasteiger partial charge in [0.25, 0.3) is 0 Å². The van der Waals surface area contributed by atoms with Crippen LogP contribution in [0.4, 0.5) is 4.79 Å². The third-order valence-electron chi connectivity index (χ3n) is 4.39. The molecule has 9 heteroatoms. The summed E-state index contributed by atoms with van der Waals surface area (Å²) in [6.45, 7) is 7.52. The van der Waals surface area contributed by atoms with Gasteiger partial charge in [-0.3, -0.25) is 0 Å². The van der Waals surface area contributed by atoms with Crippen LogP contribution in [0.3, 0.4) is 0 Å². The molecule has 2 heterocycles. The largest absolute Gasteiger partial charge is 0.477 e. The first-order valence-electron chi connectivity index (χ1n) is 9.39. The Bertz CT molecular complexity index is 1120. The van der Waals surface area contributed by atoms with Crippen molar-refractivity contribution in [1.29, 1.82) is 0 Å². The predicted molar refractivity (Wildman–Crippen MR) is 114 cm³/mol. The van der Waals surface area contributed by atoms with Gasteiger partial charge in [-0.1, -0.05) is 24.3 Å². The molecule has 0 atom stereocenters. The second-order valence-corrected chi connectivity index (χ2v) is 8.14. The zero-order chi connectivity index (χ0) is 22.1. The van der Waals surface area contributed by atoms with Crippen LogP contribution in [0.5, 0.6) is 0 Å². The highest BCUT2D eigenvalue weighted by molar-refractivity contribution is 6.28. The van der Waals surface area contributed by atoms with E-state index in [2.05, 4.69) is 15.3 Å². The van der Waals surface area contributed by atoms with Gasteiger partial charge in [-0.05, 0) is 50.4 Å². The molecule has 2 N–H and O–H groups in total. The third kappa shape index (κ3) is 4.54. The van der Waals surface area contributed by atoms with E-state index in [9.17, 15) is 14.7 Å². The minimum atomic E-state index is -1.11. The average molecular weight is 431 g/mol. The number of carbonyl (C=O) groups is 2. The van der Waals surface area contributed by atoms with Gasteiger partial charge < -0.3 is 19.7 Å². The van der Waals surface area contributed by atoms with Gasteiger partial charge in [-0.25, -0.2) is 14.6 Å². The fourth-order valence-corrected chi connectivity index (χ4v) is 3.38. The number of fused-ring (bicyclic) bond motifs is 1. The van der Waals surface area contributed by atoms with Gasteiger partial charge in [0.1, 0.15) is 16.9 Å². The summed E-state index contributed by atoms with van der Waals surface area (Å²) in [5.41, 5.74) is 2.02. The Morgan fingerprint density at radius 3 is 2.60 bits per heavy atom. The summed E-state index contributed by atoms with van der Waals surface area (Å²) in [6.07, 6.45) is 0.944. The number of aromatic carboxylic acids is 1. The number of carboxylic acid groups (broad SMARTS) is 1. The van der Waals surface area contributed by atoms with Crippen molar-refractivity contribution in [2.45, 2.75) is 39.8 Å². The smallest absolute Gasteiger partial charge is 0.407 e. The van der Waals surface area contributed by atoms with E-state index in [0.717, 1.165) is 11.1 Å². The molecule has 2 aromatic heterocycles. The van der Waals surface area contributed by atoms with Gasteiger partial charge in [-0.2, -0.15) is 4.98 Å². The number of aryl methyl sites for hydroxylation is 1. The lowest BCUT2D eigenvalue weighted by Crippen LogP contribution is -2.34.